The lowest BCUT2D eigenvalue weighted by molar-refractivity contribution is -0.173. The summed E-state index contributed by atoms with van der Waals surface area (Å²) in [7, 11) is 2.79. The minimum absolute atomic E-state index is 0.230. The van der Waals surface area contributed by atoms with Crippen LogP contribution in [0.2, 0.25) is 10.0 Å². The van der Waals surface area contributed by atoms with Crippen molar-refractivity contribution in [3.05, 3.63) is 63.3 Å². The fraction of sp³-hybridized carbons (Fsp3) is 0.304. The molecular formula is C23H18Cl2F6N4O3. The highest BCUT2D eigenvalue weighted by Crippen LogP contribution is 2.47. The van der Waals surface area contributed by atoms with E-state index in [-0.39, 0.29) is 10.8 Å². The molecule has 2 heterocycles. The molecule has 0 bridgehead atoms. The van der Waals surface area contributed by atoms with E-state index in [1.807, 2.05) is 0 Å². The lowest BCUT2D eigenvalue weighted by atomic mass is 9.96. The van der Waals surface area contributed by atoms with Gasteiger partial charge in [-0.3, -0.25) is 4.79 Å². The van der Waals surface area contributed by atoms with E-state index in [9.17, 15) is 31.1 Å². The van der Waals surface area contributed by atoms with E-state index in [2.05, 4.69) is 15.7 Å². The summed E-state index contributed by atoms with van der Waals surface area (Å²) in [4.78, 5) is 12.9. The van der Waals surface area contributed by atoms with E-state index in [1.165, 1.54) is 26.4 Å². The third-order valence-corrected chi connectivity index (χ3v) is 6.55. The molecular weight excluding hydrogens is 565 g/mol. The lowest BCUT2D eigenvalue weighted by Gasteiger charge is -2.33. The van der Waals surface area contributed by atoms with Crippen molar-refractivity contribution in [3.8, 4) is 11.5 Å². The quantitative estimate of drug-likeness (QED) is 0.313. The number of halogens is 8. The van der Waals surface area contributed by atoms with E-state index >= 15 is 0 Å². The first-order valence-corrected chi connectivity index (χ1v) is 11.5. The van der Waals surface area contributed by atoms with Crippen molar-refractivity contribution in [2.75, 3.05) is 24.9 Å². The fourth-order valence-corrected chi connectivity index (χ4v) is 4.43. The topological polar surface area (TPSA) is 77.4 Å². The van der Waals surface area contributed by atoms with Gasteiger partial charge in [-0.15, -0.1) is 0 Å². The number of carbonyl (C=O) groups excluding carboxylic acids is 1. The van der Waals surface area contributed by atoms with E-state index in [0.717, 1.165) is 6.07 Å². The van der Waals surface area contributed by atoms with Gasteiger partial charge in [0, 0.05) is 6.42 Å². The first-order valence-electron chi connectivity index (χ1n) is 10.8. The van der Waals surface area contributed by atoms with E-state index in [1.54, 1.807) is 6.07 Å². The standard InChI is InChI=1S/C23H18Cl2F6N4O3/c1-37-15-6-3-10(7-16(15)38-2)13-9-17(23(29,30)31)35-20(32-13)18(25)19(34-35)21(36)33-14-8-11(22(26,27)28)4-5-12(14)24/h3-8,13,17,32H,9H2,1-2H3,(H,33,36). The van der Waals surface area contributed by atoms with Crippen LogP contribution in [-0.2, 0) is 6.18 Å². The maximum absolute atomic E-state index is 14.1. The largest absolute Gasteiger partial charge is 0.493 e. The van der Waals surface area contributed by atoms with Crippen LogP contribution in [0.1, 0.15) is 40.1 Å². The zero-order valence-corrected chi connectivity index (χ0v) is 21.0. The van der Waals surface area contributed by atoms with Gasteiger partial charge >= 0.3 is 12.4 Å². The number of amides is 1. The smallest absolute Gasteiger partial charge is 0.416 e. The molecule has 204 valence electrons. The normalized spacial score (nSPS) is 17.4. The number of hydrogen-bond donors (Lipinski definition) is 2. The molecule has 1 aliphatic rings. The number of aromatic nitrogens is 2. The van der Waals surface area contributed by atoms with Gasteiger partial charge in [-0.1, -0.05) is 29.3 Å². The van der Waals surface area contributed by atoms with Crippen molar-refractivity contribution >= 4 is 40.6 Å². The summed E-state index contributed by atoms with van der Waals surface area (Å²) in [5.74, 6) is -0.780. The van der Waals surface area contributed by atoms with Crippen LogP contribution in [0.25, 0.3) is 0 Å². The van der Waals surface area contributed by atoms with Crippen LogP contribution < -0.4 is 20.1 Å². The Balaban J connectivity index is 1.71. The third-order valence-electron chi connectivity index (χ3n) is 5.86. The van der Waals surface area contributed by atoms with Crippen LogP contribution in [0.15, 0.2) is 36.4 Å². The second-order valence-electron chi connectivity index (χ2n) is 8.21. The number of ether oxygens (including phenoxy) is 2. The Bertz CT molecular complexity index is 1380. The zero-order chi connectivity index (χ0) is 28.0. The van der Waals surface area contributed by atoms with Crippen LogP contribution in [0.5, 0.6) is 11.5 Å². The van der Waals surface area contributed by atoms with Crippen LogP contribution in [-0.4, -0.2) is 36.1 Å². The van der Waals surface area contributed by atoms with Gasteiger partial charge in [0.1, 0.15) is 10.8 Å². The molecule has 0 saturated heterocycles. The summed E-state index contributed by atoms with van der Waals surface area (Å²) in [5, 5.41) is 8.09. The Morgan fingerprint density at radius 3 is 2.34 bits per heavy atom. The molecule has 0 saturated carbocycles. The number of alkyl halides is 6. The number of carbonyl (C=O) groups is 1. The molecule has 38 heavy (non-hydrogen) atoms. The number of nitrogens with zero attached hydrogens (tertiary/aromatic N) is 2. The lowest BCUT2D eigenvalue weighted by Crippen LogP contribution is -2.35. The van der Waals surface area contributed by atoms with E-state index in [4.69, 9.17) is 32.7 Å². The van der Waals surface area contributed by atoms with Gasteiger partial charge in [0.25, 0.3) is 5.91 Å². The number of nitrogens with one attached hydrogen (secondary N) is 2. The van der Waals surface area contributed by atoms with Crippen molar-refractivity contribution in [2.45, 2.75) is 30.9 Å². The average molecular weight is 583 g/mol. The number of methoxy groups -OCH3 is 2. The van der Waals surface area contributed by atoms with Crippen LogP contribution in [0, 0.1) is 0 Å². The molecule has 1 aliphatic heterocycles. The van der Waals surface area contributed by atoms with Crippen molar-refractivity contribution in [1.82, 2.24) is 9.78 Å². The SMILES string of the molecule is COc1ccc(C2CC(C(F)(F)F)n3nc(C(=O)Nc4cc(C(F)(F)F)ccc4Cl)c(Cl)c3N2)cc1OC. The predicted molar refractivity (Wildman–Crippen MR) is 127 cm³/mol. The van der Waals surface area contributed by atoms with Crippen LogP contribution in [0.4, 0.5) is 37.8 Å². The highest BCUT2D eigenvalue weighted by atomic mass is 35.5. The molecule has 1 aromatic heterocycles. The van der Waals surface area contributed by atoms with Crippen molar-refractivity contribution in [2.24, 2.45) is 0 Å². The maximum atomic E-state index is 14.1. The molecule has 1 amide bonds. The molecule has 0 fully saturated rings. The Labute approximate surface area is 221 Å². The summed E-state index contributed by atoms with van der Waals surface area (Å²) in [6.07, 6.45) is -10.0. The summed E-state index contributed by atoms with van der Waals surface area (Å²) in [6, 6.07) is 3.73. The first-order chi connectivity index (χ1) is 17.7. The molecule has 4 rings (SSSR count). The summed E-state index contributed by atoms with van der Waals surface area (Å²) >= 11 is 12.2. The molecule has 0 radical (unpaired) electrons. The molecule has 2 aromatic carbocycles. The minimum atomic E-state index is -4.78. The summed E-state index contributed by atoms with van der Waals surface area (Å²) in [5.41, 5.74) is -1.73. The van der Waals surface area contributed by atoms with Gasteiger partial charge in [0.05, 0.1) is 36.5 Å². The molecule has 2 unspecified atom stereocenters. The molecule has 7 nitrogen and oxygen atoms in total. The highest BCUT2D eigenvalue weighted by Gasteiger charge is 2.48. The Morgan fingerprint density at radius 2 is 1.74 bits per heavy atom. The van der Waals surface area contributed by atoms with Gasteiger partial charge in [0.2, 0.25) is 0 Å². The van der Waals surface area contributed by atoms with E-state index < -0.39 is 58.7 Å². The zero-order valence-electron chi connectivity index (χ0n) is 19.5. The van der Waals surface area contributed by atoms with Crippen molar-refractivity contribution in [1.29, 1.82) is 0 Å². The number of anilines is 2. The number of rotatable bonds is 5. The Morgan fingerprint density at radius 1 is 1.05 bits per heavy atom. The van der Waals surface area contributed by atoms with Crippen molar-refractivity contribution < 1.29 is 40.6 Å². The summed E-state index contributed by atoms with van der Waals surface area (Å²) in [6.45, 7) is 0. The van der Waals surface area contributed by atoms with Crippen molar-refractivity contribution in [3.63, 3.8) is 0 Å². The second-order valence-corrected chi connectivity index (χ2v) is 8.99. The fourth-order valence-electron chi connectivity index (χ4n) is 4.00. The van der Waals surface area contributed by atoms with Gasteiger partial charge < -0.3 is 20.1 Å². The molecule has 2 N–H and O–H groups in total. The molecule has 2 atom stereocenters. The number of fused-ring (bicyclic) bond motifs is 1. The van der Waals surface area contributed by atoms with E-state index in [0.29, 0.717) is 33.9 Å². The maximum Gasteiger partial charge on any atom is 0.416 e. The second kappa shape index (κ2) is 10.1. The Hall–Kier alpha value is -3.32. The molecule has 0 spiro atoms. The third kappa shape index (κ3) is 5.30. The monoisotopic (exact) mass is 582 g/mol. The van der Waals surface area contributed by atoms with Gasteiger partial charge in [-0.25, -0.2) is 4.68 Å². The Kier molecular flexibility index (Phi) is 7.36. The summed E-state index contributed by atoms with van der Waals surface area (Å²) < 4.78 is 92.4. The molecule has 3 aromatic rings. The average Bonchev–Trinajstić information content (AvgIpc) is 3.19. The minimum Gasteiger partial charge on any atom is -0.493 e. The number of hydrogen-bond acceptors (Lipinski definition) is 5. The first kappa shape index (κ1) is 27.7. The number of benzene rings is 2. The van der Waals surface area contributed by atoms with Gasteiger partial charge in [-0.05, 0) is 35.9 Å². The molecule has 0 aliphatic carbocycles. The molecule has 15 heteroatoms. The highest BCUT2D eigenvalue weighted by molar-refractivity contribution is 6.37. The van der Waals surface area contributed by atoms with Crippen LogP contribution in [0.3, 0.4) is 0 Å². The van der Waals surface area contributed by atoms with Crippen LogP contribution >= 0.6 is 23.2 Å². The predicted octanol–water partition coefficient (Wildman–Crippen LogP) is 7.14. The van der Waals surface area contributed by atoms with Gasteiger partial charge in [0.15, 0.2) is 23.2 Å². The van der Waals surface area contributed by atoms with Gasteiger partial charge in [-0.2, -0.15) is 31.4 Å².